The molecule has 0 spiro atoms. The molecule has 5 heteroatoms. The van der Waals surface area contributed by atoms with Gasteiger partial charge in [-0.3, -0.25) is 0 Å². The fraction of sp³-hybridized carbons (Fsp3) is 0.324. The minimum atomic E-state index is 0.275. The zero-order valence-corrected chi connectivity index (χ0v) is 43.6. The second-order valence-electron chi connectivity index (χ2n) is 23.7. The van der Waals surface area contributed by atoms with Crippen LogP contribution in [0.4, 0.5) is 0 Å². The highest BCUT2D eigenvalue weighted by molar-refractivity contribution is 7.25. The molecule has 4 unspecified atom stereocenters. The number of thiophene rings is 1. The topological polar surface area (TPSA) is 62.5 Å². The molecule has 4 aliphatic carbocycles. The predicted molar refractivity (Wildman–Crippen MR) is 303 cm³/mol. The minimum absolute atomic E-state index is 0.275. The average molecular weight is 969 g/mol. The number of benzene rings is 7. The van der Waals surface area contributed by atoms with Crippen molar-refractivity contribution in [3.63, 3.8) is 0 Å². The second kappa shape index (κ2) is 18.3. The lowest BCUT2D eigenvalue weighted by molar-refractivity contribution is 0.0779. The minimum Gasteiger partial charge on any atom is -0.208 e. The Morgan fingerprint density at radius 3 is 1.40 bits per heavy atom. The van der Waals surface area contributed by atoms with Crippen LogP contribution in [0.3, 0.4) is 0 Å². The molecule has 2 aromatic heterocycles. The van der Waals surface area contributed by atoms with E-state index in [1.807, 2.05) is 12.1 Å². The third kappa shape index (κ3) is 8.60. The summed E-state index contributed by atoms with van der Waals surface area (Å²) in [5.74, 6) is 6.72. The summed E-state index contributed by atoms with van der Waals surface area (Å²) in [5, 5.41) is 12.0. The van der Waals surface area contributed by atoms with Crippen LogP contribution in [0.1, 0.15) is 109 Å². The molecule has 8 atom stereocenters. The molecule has 2 heterocycles. The molecular formula is C68H64N4S. The normalized spacial score (nSPS) is 25.6. The van der Waals surface area contributed by atoms with Gasteiger partial charge in [-0.2, -0.15) is 5.26 Å². The van der Waals surface area contributed by atoms with E-state index in [1.165, 1.54) is 95.9 Å². The van der Waals surface area contributed by atoms with E-state index in [9.17, 15) is 5.26 Å². The zero-order valence-electron chi connectivity index (χ0n) is 42.7. The van der Waals surface area contributed by atoms with Crippen LogP contribution in [-0.4, -0.2) is 15.0 Å². The molecule has 4 fully saturated rings. The van der Waals surface area contributed by atoms with E-state index in [-0.39, 0.29) is 5.41 Å². The van der Waals surface area contributed by atoms with Crippen molar-refractivity contribution in [2.24, 2.45) is 35.5 Å². The van der Waals surface area contributed by atoms with Crippen LogP contribution >= 0.6 is 11.3 Å². The van der Waals surface area contributed by atoms with Crippen LogP contribution in [-0.2, 0) is 10.8 Å². The van der Waals surface area contributed by atoms with E-state index in [0.29, 0.717) is 28.5 Å². The maximum Gasteiger partial charge on any atom is 0.164 e. The molecule has 0 saturated heterocycles. The molecule has 13 rings (SSSR count). The summed E-state index contributed by atoms with van der Waals surface area (Å²) >= 11 is 1.77. The van der Waals surface area contributed by atoms with E-state index in [0.717, 1.165) is 85.2 Å². The summed E-state index contributed by atoms with van der Waals surface area (Å²) in [6, 6.07) is 60.2. The van der Waals surface area contributed by atoms with Gasteiger partial charge in [0, 0.05) is 36.9 Å². The van der Waals surface area contributed by atoms with Crippen molar-refractivity contribution in [1.82, 2.24) is 15.0 Å². The standard InChI is InChI=1S/C68H64N4S/c1-42-27-47-28-43(2)36-67(35-42,39-47)56-21-16-49(17-22-56)51-9-7-11-54(32-51)64-70-65(55-12-8-10-52(33-55)53-20-26-63-61(34-53)60-31-46(41-69)15-25-62(60)73-63)72-66(71-64)59-14-6-5-13-58(59)50-18-23-57(24-19-50)68-37-44(3)29-48(40-68)30-45(4)38-68/h5-26,31-34,42-45,47-48H,27-30,35-40H2,1-4H3/t42-,43+,44-,45+,47?,48?,67?,68?. The maximum absolute atomic E-state index is 9.72. The molecule has 0 radical (unpaired) electrons. The SMILES string of the molecule is C[C@@H]1CC2C[C@H](C)CC(c3ccc(-c4cccc(-c5nc(-c6cccc(-c7ccc8sc9ccc(C#N)cc9c8c7)c6)nc(-c6ccccc6-c6ccc(C78CC(C[C@@H](C)C7)C[C@H](C)C8)cc6)n5)c4)cc3)(C2)C1. The maximum atomic E-state index is 9.72. The van der Waals surface area contributed by atoms with Crippen molar-refractivity contribution in [3.05, 3.63) is 174 Å². The van der Waals surface area contributed by atoms with Gasteiger partial charge in [-0.15, -0.1) is 11.3 Å². The van der Waals surface area contributed by atoms with E-state index < -0.39 is 0 Å². The number of hydrogen-bond acceptors (Lipinski definition) is 5. The van der Waals surface area contributed by atoms with E-state index in [2.05, 4.69) is 179 Å². The van der Waals surface area contributed by atoms with E-state index in [1.54, 1.807) is 11.3 Å². The number of fused-ring (bicyclic) bond motifs is 7. The number of nitrogens with zero attached hydrogens (tertiary/aromatic N) is 4. The van der Waals surface area contributed by atoms with Gasteiger partial charge in [0.2, 0.25) is 0 Å². The molecule has 73 heavy (non-hydrogen) atoms. The van der Waals surface area contributed by atoms with E-state index >= 15 is 0 Å². The van der Waals surface area contributed by atoms with Crippen molar-refractivity contribution in [2.45, 2.75) is 103 Å². The Labute approximate surface area is 435 Å². The first-order chi connectivity index (χ1) is 35.6. The summed E-state index contributed by atoms with van der Waals surface area (Å²) < 4.78 is 2.39. The Morgan fingerprint density at radius 2 is 0.849 bits per heavy atom. The zero-order chi connectivity index (χ0) is 49.4. The summed E-state index contributed by atoms with van der Waals surface area (Å²) in [5.41, 5.74) is 14.0. The molecule has 7 aromatic carbocycles. The molecule has 362 valence electrons. The highest BCUT2D eigenvalue weighted by Crippen LogP contribution is 2.56. The highest BCUT2D eigenvalue weighted by atomic mass is 32.1. The van der Waals surface area contributed by atoms with Crippen LogP contribution in [0.25, 0.3) is 87.7 Å². The quantitative estimate of drug-likeness (QED) is 0.152. The third-order valence-corrected chi connectivity index (χ3v) is 19.0. The molecule has 4 aliphatic rings. The molecule has 0 N–H and O–H groups in total. The largest absolute Gasteiger partial charge is 0.208 e. The molecular weight excluding hydrogens is 905 g/mol. The fourth-order valence-electron chi connectivity index (χ4n) is 15.5. The lowest BCUT2D eigenvalue weighted by Crippen LogP contribution is -2.42. The van der Waals surface area contributed by atoms with Gasteiger partial charge in [0.1, 0.15) is 0 Å². The first kappa shape index (κ1) is 46.1. The first-order valence-electron chi connectivity index (χ1n) is 27.2. The Kier molecular flexibility index (Phi) is 11.6. The van der Waals surface area contributed by atoms with Crippen LogP contribution < -0.4 is 0 Å². The summed E-state index contributed by atoms with van der Waals surface area (Å²) in [6.07, 6.45) is 13.4. The monoisotopic (exact) mass is 968 g/mol. The highest BCUT2D eigenvalue weighted by Gasteiger charge is 2.46. The predicted octanol–water partition coefficient (Wildman–Crippen LogP) is 18.3. The van der Waals surface area contributed by atoms with Gasteiger partial charge in [-0.1, -0.05) is 143 Å². The second-order valence-corrected chi connectivity index (χ2v) is 24.8. The van der Waals surface area contributed by atoms with Gasteiger partial charge in [0.25, 0.3) is 0 Å². The van der Waals surface area contributed by atoms with Crippen LogP contribution in [0.15, 0.2) is 158 Å². The Bertz CT molecular complexity index is 3560. The van der Waals surface area contributed by atoms with E-state index in [4.69, 9.17) is 15.0 Å². The fourth-order valence-corrected chi connectivity index (χ4v) is 16.6. The molecule has 9 aromatic rings. The van der Waals surface area contributed by atoms with Crippen LogP contribution in [0.2, 0.25) is 0 Å². The van der Waals surface area contributed by atoms with Gasteiger partial charge in [-0.25, -0.2) is 15.0 Å². The summed E-state index contributed by atoms with van der Waals surface area (Å²) in [6.45, 7) is 9.90. The Balaban J connectivity index is 0.895. The third-order valence-electron chi connectivity index (χ3n) is 17.9. The summed E-state index contributed by atoms with van der Waals surface area (Å²) in [4.78, 5) is 16.1. The molecule has 4 bridgehead atoms. The van der Waals surface area contributed by atoms with Crippen molar-refractivity contribution in [3.8, 4) is 73.6 Å². The van der Waals surface area contributed by atoms with Gasteiger partial charge < -0.3 is 0 Å². The molecule has 4 nitrogen and oxygen atoms in total. The van der Waals surface area contributed by atoms with Crippen LogP contribution in [0.5, 0.6) is 0 Å². The smallest absolute Gasteiger partial charge is 0.164 e. The van der Waals surface area contributed by atoms with Crippen LogP contribution in [0, 0.1) is 46.8 Å². The molecule has 0 aliphatic heterocycles. The Hall–Kier alpha value is -6.74. The Morgan fingerprint density at radius 1 is 0.411 bits per heavy atom. The number of rotatable bonds is 8. The van der Waals surface area contributed by atoms with Gasteiger partial charge in [0.05, 0.1) is 11.6 Å². The molecule has 4 saturated carbocycles. The summed E-state index contributed by atoms with van der Waals surface area (Å²) in [7, 11) is 0. The lowest BCUT2D eigenvalue weighted by atomic mass is 9.54. The van der Waals surface area contributed by atoms with Crippen molar-refractivity contribution in [1.29, 1.82) is 5.26 Å². The van der Waals surface area contributed by atoms with Gasteiger partial charge in [-0.05, 0) is 198 Å². The average Bonchev–Trinajstić information content (AvgIpc) is 3.77. The number of aromatic nitrogens is 3. The van der Waals surface area contributed by atoms with Gasteiger partial charge >= 0.3 is 0 Å². The van der Waals surface area contributed by atoms with Gasteiger partial charge in [0.15, 0.2) is 17.5 Å². The van der Waals surface area contributed by atoms with Crippen molar-refractivity contribution < 1.29 is 0 Å². The van der Waals surface area contributed by atoms with Crippen molar-refractivity contribution in [2.75, 3.05) is 0 Å². The number of nitriles is 1. The lowest BCUT2D eigenvalue weighted by Gasteiger charge is -2.50. The van der Waals surface area contributed by atoms with Crippen molar-refractivity contribution >= 4 is 31.5 Å². The number of hydrogen-bond donors (Lipinski definition) is 0. The molecule has 0 amide bonds. The first-order valence-corrected chi connectivity index (χ1v) is 28.0.